The van der Waals surface area contributed by atoms with Crippen LogP contribution in [0.2, 0.25) is 0 Å². The molecule has 5 rings (SSSR count). The van der Waals surface area contributed by atoms with Gasteiger partial charge in [0.1, 0.15) is 11.8 Å². The van der Waals surface area contributed by atoms with Crippen molar-refractivity contribution in [2.24, 2.45) is 0 Å². The number of ether oxygens (including phenoxy) is 1. The molecule has 168 valence electrons. The zero-order valence-electron chi connectivity index (χ0n) is 18.6. The lowest BCUT2D eigenvalue weighted by atomic mass is 10.0. The molecule has 0 aromatic carbocycles. The van der Waals surface area contributed by atoms with Crippen LogP contribution in [0.5, 0.6) is 0 Å². The Hall–Kier alpha value is -3.04. The Morgan fingerprint density at radius 2 is 2.06 bits per heavy atom. The zero-order chi connectivity index (χ0) is 22.1. The molecule has 1 aliphatic carbocycles. The number of H-pyrrole nitrogens is 1. The average Bonchev–Trinajstić information content (AvgIpc) is 3.29. The molecule has 0 amide bonds. The molecule has 3 aromatic rings. The van der Waals surface area contributed by atoms with Crippen molar-refractivity contribution < 1.29 is 4.74 Å². The van der Waals surface area contributed by atoms with Crippen LogP contribution in [0.15, 0.2) is 23.5 Å². The van der Waals surface area contributed by atoms with Crippen LogP contribution >= 0.6 is 0 Å². The Labute approximate surface area is 185 Å². The normalized spacial score (nSPS) is 17.8. The number of nitrogens with one attached hydrogen (secondary N) is 2. The van der Waals surface area contributed by atoms with Crippen molar-refractivity contribution in [2.45, 2.75) is 39.3 Å². The summed E-state index contributed by atoms with van der Waals surface area (Å²) in [5.74, 6) is 0.653. The van der Waals surface area contributed by atoms with Crippen molar-refractivity contribution in [3.8, 4) is 0 Å². The second kappa shape index (κ2) is 8.84. The van der Waals surface area contributed by atoms with E-state index >= 15 is 0 Å². The summed E-state index contributed by atoms with van der Waals surface area (Å²) in [6.45, 7) is 8.91. The molecule has 1 aliphatic heterocycles. The van der Waals surface area contributed by atoms with Crippen LogP contribution in [0, 0.1) is 0 Å². The average molecular weight is 436 g/mol. The highest BCUT2D eigenvalue weighted by molar-refractivity contribution is 5.82. The van der Waals surface area contributed by atoms with Gasteiger partial charge in [0.25, 0.3) is 5.56 Å². The molecule has 1 atom stereocenters. The van der Waals surface area contributed by atoms with Gasteiger partial charge in [0, 0.05) is 37.1 Å². The maximum absolute atomic E-state index is 13.7. The number of rotatable bonds is 6. The van der Waals surface area contributed by atoms with Gasteiger partial charge in [-0.1, -0.05) is 11.6 Å². The van der Waals surface area contributed by atoms with Crippen molar-refractivity contribution in [1.82, 2.24) is 29.4 Å². The smallest absolute Gasteiger partial charge is 0.258 e. The highest BCUT2D eigenvalue weighted by Gasteiger charge is 2.19. The Morgan fingerprint density at radius 1 is 1.22 bits per heavy atom. The minimum absolute atomic E-state index is 0.0977. The van der Waals surface area contributed by atoms with E-state index in [0.29, 0.717) is 23.5 Å². The summed E-state index contributed by atoms with van der Waals surface area (Å²) in [6, 6.07) is 2.03. The maximum Gasteiger partial charge on any atom is 0.258 e. The third kappa shape index (κ3) is 3.93. The van der Waals surface area contributed by atoms with Crippen molar-refractivity contribution in [1.29, 1.82) is 0 Å². The van der Waals surface area contributed by atoms with Gasteiger partial charge in [0.2, 0.25) is 0 Å². The third-order valence-corrected chi connectivity index (χ3v) is 6.43. The van der Waals surface area contributed by atoms with Gasteiger partial charge in [-0.05, 0) is 38.0 Å². The molecule has 0 saturated carbocycles. The Bertz CT molecular complexity index is 1300. The quantitative estimate of drug-likeness (QED) is 0.590. The second-order valence-corrected chi connectivity index (χ2v) is 8.52. The van der Waals surface area contributed by atoms with Gasteiger partial charge < -0.3 is 19.6 Å². The van der Waals surface area contributed by atoms with Gasteiger partial charge in [0.15, 0.2) is 11.5 Å². The zero-order valence-corrected chi connectivity index (χ0v) is 18.6. The van der Waals surface area contributed by atoms with Crippen molar-refractivity contribution >= 4 is 28.6 Å². The molecule has 0 radical (unpaired) electrons. The summed E-state index contributed by atoms with van der Waals surface area (Å²) in [5, 5.41) is 5.37. The van der Waals surface area contributed by atoms with Gasteiger partial charge >= 0.3 is 0 Å². The van der Waals surface area contributed by atoms with Crippen molar-refractivity contribution in [3.05, 3.63) is 45.2 Å². The van der Waals surface area contributed by atoms with Crippen LogP contribution < -0.4 is 21.3 Å². The molecule has 0 spiro atoms. The van der Waals surface area contributed by atoms with Gasteiger partial charge in [-0.2, -0.15) is 0 Å². The number of aromatic nitrogens is 5. The first kappa shape index (κ1) is 20.8. The van der Waals surface area contributed by atoms with E-state index in [-0.39, 0.29) is 11.6 Å². The molecule has 1 unspecified atom stereocenters. The second-order valence-electron chi connectivity index (χ2n) is 8.52. The fourth-order valence-electron chi connectivity index (χ4n) is 4.65. The maximum atomic E-state index is 13.7. The summed E-state index contributed by atoms with van der Waals surface area (Å²) in [7, 11) is 0. The first-order valence-electron chi connectivity index (χ1n) is 11.3. The molecule has 1 saturated heterocycles. The molecule has 2 N–H and O–H groups in total. The summed E-state index contributed by atoms with van der Waals surface area (Å²) in [6.07, 6.45) is 7.22. The fraction of sp³-hybridized carbons (Fsp3) is 0.478. The van der Waals surface area contributed by atoms with Crippen molar-refractivity contribution in [2.75, 3.05) is 38.2 Å². The van der Waals surface area contributed by atoms with E-state index in [0.717, 1.165) is 61.8 Å². The highest BCUT2D eigenvalue weighted by atomic mass is 16.5. The van der Waals surface area contributed by atoms with Crippen LogP contribution in [0.3, 0.4) is 0 Å². The number of fused-ring (bicyclic) bond motifs is 2. The summed E-state index contributed by atoms with van der Waals surface area (Å²) >= 11 is 0. The fourth-order valence-corrected chi connectivity index (χ4v) is 4.65. The number of hydrogen-bond donors (Lipinski definition) is 2. The molecule has 4 heterocycles. The van der Waals surface area contributed by atoms with Crippen LogP contribution in [0.25, 0.3) is 22.8 Å². The molecular formula is C23H29N7O2. The monoisotopic (exact) mass is 435 g/mol. The van der Waals surface area contributed by atoms with Gasteiger partial charge in [0.05, 0.1) is 25.6 Å². The number of aromatic amines is 1. The number of morpholine rings is 1. The van der Waals surface area contributed by atoms with Gasteiger partial charge in [-0.15, -0.1) is 0 Å². The minimum atomic E-state index is -0.136. The summed E-state index contributed by atoms with van der Waals surface area (Å²) in [4.78, 5) is 32.0. The van der Waals surface area contributed by atoms with Gasteiger partial charge in [-0.25, -0.2) is 15.0 Å². The van der Waals surface area contributed by atoms with E-state index in [2.05, 4.69) is 56.1 Å². The molecule has 1 fully saturated rings. The molecule has 9 heteroatoms. The van der Waals surface area contributed by atoms with E-state index in [4.69, 9.17) is 4.74 Å². The largest absolute Gasteiger partial charge is 0.379 e. The number of anilines is 1. The van der Waals surface area contributed by atoms with Gasteiger partial charge in [-0.3, -0.25) is 9.69 Å². The Morgan fingerprint density at radius 3 is 2.91 bits per heavy atom. The first-order chi connectivity index (χ1) is 15.6. The van der Waals surface area contributed by atoms with E-state index < -0.39 is 0 Å². The summed E-state index contributed by atoms with van der Waals surface area (Å²) in [5.41, 5.74) is 3.60. The predicted molar refractivity (Wildman–Crippen MR) is 124 cm³/mol. The molecule has 2 aliphatic rings. The molecule has 32 heavy (non-hydrogen) atoms. The van der Waals surface area contributed by atoms with Crippen LogP contribution in [-0.2, 0) is 11.3 Å². The van der Waals surface area contributed by atoms with Crippen molar-refractivity contribution in [3.63, 3.8) is 0 Å². The van der Waals surface area contributed by atoms with Crippen LogP contribution in [-0.4, -0.2) is 62.3 Å². The number of imidazole rings is 1. The summed E-state index contributed by atoms with van der Waals surface area (Å²) < 4.78 is 7.41. The topological polar surface area (TPSA) is 101 Å². The van der Waals surface area contributed by atoms with E-state index in [1.54, 1.807) is 6.33 Å². The third-order valence-electron chi connectivity index (χ3n) is 6.43. The number of pyridine rings is 1. The van der Waals surface area contributed by atoms with E-state index in [9.17, 15) is 4.79 Å². The van der Waals surface area contributed by atoms with E-state index in [1.165, 1.54) is 11.9 Å². The number of hydrogen-bond acceptors (Lipinski definition) is 7. The predicted octanol–water partition coefficient (Wildman–Crippen LogP) is 0.765. The van der Waals surface area contributed by atoms with Crippen LogP contribution in [0.1, 0.15) is 38.4 Å². The molecule has 3 aromatic heterocycles. The SMILES string of the molecule is CC1=c2c(cc(C(C)Nc3ncnc4[nH]cnc34)n(CCN3CCOCC3)c2=O)=CCC1. The lowest BCUT2D eigenvalue weighted by molar-refractivity contribution is 0.0361. The standard InChI is InChI=1S/C23H29N7O2/c1-15-4-3-5-17-12-18(16(2)28-22-20-21(25-13-24-20)26-14-27-22)30(23(31)19(15)17)7-6-29-8-10-32-11-9-29/h5,12-14,16H,3-4,6-11H2,1-2H3,(H2,24,25,26,27,28). The minimum Gasteiger partial charge on any atom is -0.379 e. The van der Waals surface area contributed by atoms with Crippen LogP contribution in [0.4, 0.5) is 5.82 Å². The Balaban J connectivity index is 1.54. The lowest BCUT2D eigenvalue weighted by Crippen LogP contribution is -2.50. The molecule has 9 nitrogen and oxygen atoms in total. The van der Waals surface area contributed by atoms with E-state index in [1.807, 2.05) is 4.57 Å². The molecular weight excluding hydrogens is 406 g/mol. The Kier molecular flexibility index (Phi) is 5.75. The number of nitrogens with zero attached hydrogens (tertiary/aromatic N) is 5. The first-order valence-corrected chi connectivity index (χ1v) is 11.3. The lowest BCUT2D eigenvalue weighted by Gasteiger charge is -2.28. The molecule has 0 bridgehead atoms. The highest BCUT2D eigenvalue weighted by Crippen LogP contribution is 2.21.